The maximum absolute atomic E-state index is 13.7. The highest BCUT2D eigenvalue weighted by molar-refractivity contribution is 5.96. The van der Waals surface area contributed by atoms with E-state index >= 15 is 0 Å². The summed E-state index contributed by atoms with van der Waals surface area (Å²) in [6.45, 7) is 1.22. The van der Waals surface area contributed by atoms with Crippen LogP contribution in [0.25, 0.3) is 0 Å². The highest BCUT2D eigenvalue weighted by Crippen LogP contribution is 2.21. The van der Waals surface area contributed by atoms with Gasteiger partial charge in [0.1, 0.15) is 11.6 Å². The number of methoxy groups -OCH3 is 1. The Hall–Kier alpha value is -3.03. The molecule has 0 heterocycles. The van der Waals surface area contributed by atoms with Crippen molar-refractivity contribution in [3.8, 4) is 5.75 Å². The van der Waals surface area contributed by atoms with Gasteiger partial charge in [-0.2, -0.15) is 0 Å². The SMILES string of the molecule is COc1ccc(C(C)NC(=O)CNC(=O)c2ccc(F)cc2F)cc1F. The lowest BCUT2D eigenvalue weighted by Crippen LogP contribution is -2.38. The zero-order chi connectivity index (χ0) is 19.3. The monoisotopic (exact) mass is 366 g/mol. The summed E-state index contributed by atoms with van der Waals surface area (Å²) in [6, 6.07) is 6.25. The number of hydrogen-bond acceptors (Lipinski definition) is 3. The van der Waals surface area contributed by atoms with Gasteiger partial charge in [-0.1, -0.05) is 6.07 Å². The second kappa shape index (κ2) is 8.37. The molecule has 1 unspecified atom stereocenters. The molecule has 0 spiro atoms. The van der Waals surface area contributed by atoms with E-state index < -0.39 is 41.9 Å². The summed E-state index contributed by atoms with van der Waals surface area (Å²) in [5.74, 6) is -3.71. The standard InChI is InChI=1S/C18H17F3N2O3/c1-10(11-3-6-16(26-2)15(21)7-11)23-17(24)9-22-18(25)13-5-4-12(19)8-14(13)20/h3-8,10H,9H2,1-2H3,(H,22,25)(H,23,24). The van der Waals surface area contributed by atoms with Gasteiger partial charge in [-0.05, 0) is 36.8 Å². The number of carbonyl (C=O) groups excluding carboxylic acids is 2. The summed E-state index contributed by atoms with van der Waals surface area (Å²) in [4.78, 5) is 23.7. The third-order valence-corrected chi connectivity index (χ3v) is 3.64. The Kier molecular flexibility index (Phi) is 6.21. The van der Waals surface area contributed by atoms with Crippen molar-refractivity contribution in [3.63, 3.8) is 0 Å². The summed E-state index contributed by atoms with van der Waals surface area (Å²) in [5, 5.41) is 4.81. The average molecular weight is 366 g/mol. The van der Waals surface area contributed by atoms with Crippen molar-refractivity contribution in [1.29, 1.82) is 0 Å². The Labute approximate surface area is 148 Å². The quantitative estimate of drug-likeness (QED) is 0.826. The molecule has 0 radical (unpaired) electrons. The lowest BCUT2D eigenvalue weighted by atomic mass is 10.1. The molecule has 138 valence electrons. The van der Waals surface area contributed by atoms with Crippen LogP contribution in [0, 0.1) is 17.5 Å². The van der Waals surface area contributed by atoms with Gasteiger partial charge in [0.15, 0.2) is 11.6 Å². The van der Waals surface area contributed by atoms with E-state index in [0.29, 0.717) is 11.6 Å². The van der Waals surface area contributed by atoms with Crippen LogP contribution in [-0.4, -0.2) is 25.5 Å². The predicted octanol–water partition coefficient (Wildman–Crippen LogP) is 2.72. The Bertz CT molecular complexity index is 827. The molecule has 0 aromatic heterocycles. The van der Waals surface area contributed by atoms with Gasteiger partial charge >= 0.3 is 0 Å². The molecule has 2 amide bonds. The number of ether oxygens (including phenoxy) is 1. The first-order valence-corrected chi connectivity index (χ1v) is 7.68. The number of rotatable bonds is 6. The van der Waals surface area contributed by atoms with E-state index in [0.717, 1.165) is 12.1 Å². The van der Waals surface area contributed by atoms with Crippen molar-refractivity contribution in [2.24, 2.45) is 0 Å². The van der Waals surface area contributed by atoms with Gasteiger partial charge in [0.25, 0.3) is 5.91 Å². The van der Waals surface area contributed by atoms with Gasteiger partial charge in [-0.15, -0.1) is 0 Å². The molecule has 0 saturated carbocycles. The topological polar surface area (TPSA) is 67.4 Å². The molecule has 0 aliphatic rings. The number of carbonyl (C=O) groups is 2. The van der Waals surface area contributed by atoms with Gasteiger partial charge in [0.05, 0.1) is 25.3 Å². The molecule has 26 heavy (non-hydrogen) atoms. The fraction of sp³-hybridized carbons (Fsp3) is 0.222. The molecule has 5 nitrogen and oxygen atoms in total. The molecular formula is C18H17F3N2O3. The molecule has 0 saturated heterocycles. The molecule has 0 aliphatic carbocycles. The fourth-order valence-electron chi connectivity index (χ4n) is 2.26. The summed E-state index contributed by atoms with van der Waals surface area (Å²) >= 11 is 0. The van der Waals surface area contributed by atoms with Crippen LogP contribution in [0.2, 0.25) is 0 Å². The minimum Gasteiger partial charge on any atom is -0.494 e. The molecule has 1 atom stereocenters. The maximum atomic E-state index is 13.7. The van der Waals surface area contributed by atoms with Gasteiger partial charge in [0, 0.05) is 6.07 Å². The third kappa shape index (κ3) is 4.75. The molecule has 2 aromatic rings. The Morgan fingerprint density at radius 2 is 1.81 bits per heavy atom. The number of benzene rings is 2. The fourth-order valence-corrected chi connectivity index (χ4v) is 2.26. The lowest BCUT2D eigenvalue weighted by Gasteiger charge is -2.15. The van der Waals surface area contributed by atoms with E-state index in [4.69, 9.17) is 4.74 Å². The molecule has 2 rings (SSSR count). The van der Waals surface area contributed by atoms with E-state index in [-0.39, 0.29) is 11.3 Å². The molecular weight excluding hydrogens is 349 g/mol. The predicted molar refractivity (Wildman–Crippen MR) is 88.2 cm³/mol. The molecule has 2 N–H and O–H groups in total. The van der Waals surface area contributed by atoms with Crippen LogP contribution in [0.15, 0.2) is 36.4 Å². The summed E-state index contributed by atoms with van der Waals surface area (Å²) in [5.41, 5.74) is 0.136. The minimum atomic E-state index is -1.02. The molecule has 8 heteroatoms. The van der Waals surface area contributed by atoms with Crippen LogP contribution >= 0.6 is 0 Å². The Balaban J connectivity index is 1.91. The van der Waals surface area contributed by atoms with E-state index in [9.17, 15) is 22.8 Å². The van der Waals surface area contributed by atoms with E-state index in [2.05, 4.69) is 10.6 Å². The van der Waals surface area contributed by atoms with Gasteiger partial charge in [-0.3, -0.25) is 9.59 Å². The molecule has 0 aliphatic heterocycles. The van der Waals surface area contributed by atoms with Crippen LogP contribution in [0.5, 0.6) is 5.75 Å². The summed E-state index contributed by atoms with van der Waals surface area (Å²) in [7, 11) is 1.34. The van der Waals surface area contributed by atoms with E-state index in [1.165, 1.54) is 19.2 Å². The van der Waals surface area contributed by atoms with Crippen LogP contribution in [0.4, 0.5) is 13.2 Å². The first-order chi connectivity index (χ1) is 12.3. The first kappa shape index (κ1) is 19.3. The third-order valence-electron chi connectivity index (χ3n) is 3.64. The van der Waals surface area contributed by atoms with Crippen molar-refractivity contribution in [1.82, 2.24) is 10.6 Å². The molecule has 0 bridgehead atoms. The number of nitrogens with one attached hydrogen (secondary N) is 2. The summed E-state index contributed by atoms with van der Waals surface area (Å²) in [6.07, 6.45) is 0. The molecule has 0 fully saturated rings. The van der Waals surface area contributed by atoms with E-state index in [1.54, 1.807) is 13.0 Å². The first-order valence-electron chi connectivity index (χ1n) is 7.68. The zero-order valence-electron chi connectivity index (χ0n) is 14.1. The minimum absolute atomic E-state index is 0.0841. The van der Waals surface area contributed by atoms with Crippen LogP contribution in [0.1, 0.15) is 28.9 Å². The number of amides is 2. The van der Waals surface area contributed by atoms with Crippen molar-refractivity contribution < 1.29 is 27.5 Å². The normalized spacial score (nSPS) is 11.6. The highest BCUT2D eigenvalue weighted by Gasteiger charge is 2.15. The van der Waals surface area contributed by atoms with Gasteiger partial charge < -0.3 is 15.4 Å². The number of hydrogen-bond donors (Lipinski definition) is 2. The van der Waals surface area contributed by atoms with Crippen molar-refractivity contribution in [2.45, 2.75) is 13.0 Å². The second-order valence-corrected chi connectivity index (χ2v) is 5.49. The zero-order valence-corrected chi connectivity index (χ0v) is 14.1. The molecule has 2 aromatic carbocycles. The highest BCUT2D eigenvalue weighted by atomic mass is 19.1. The van der Waals surface area contributed by atoms with Crippen LogP contribution in [-0.2, 0) is 4.79 Å². The lowest BCUT2D eigenvalue weighted by molar-refractivity contribution is -0.120. The summed E-state index contributed by atoms with van der Waals surface area (Å²) < 4.78 is 44.9. The van der Waals surface area contributed by atoms with Crippen LogP contribution < -0.4 is 15.4 Å². The number of halogens is 3. The van der Waals surface area contributed by atoms with Gasteiger partial charge in [0.2, 0.25) is 5.91 Å². The average Bonchev–Trinajstić information content (AvgIpc) is 2.59. The van der Waals surface area contributed by atoms with Crippen LogP contribution in [0.3, 0.4) is 0 Å². The Morgan fingerprint density at radius 1 is 1.08 bits per heavy atom. The van der Waals surface area contributed by atoms with Crippen molar-refractivity contribution in [2.75, 3.05) is 13.7 Å². The smallest absolute Gasteiger partial charge is 0.254 e. The van der Waals surface area contributed by atoms with Crippen molar-refractivity contribution >= 4 is 11.8 Å². The van der Waals surface area contributed by atoms with E-state index in [1.807, 2.05) is 0 Å². The van der Waals surface area contributed by atoms with Crippen molar-refractivity contribution in [3.05, 3.63) is 65.0 Å². The van der Waals surface area contributed by atoms with Gasteiger partial charge in [-0.25, -0.2) is 13.2 Å². The second-order valence-electron chi connectivity index (χ2n) is 5.49. The Morgan fingerprint density at radius 3 is 2.42 bits per heavy atom. The largest absolute Gasteiger partial charge is 0.494 e. The maximum Gasteiger partial charge on any atom is 0.254 e.